The van der Waals surface area contributed by atoms with Gasteiger partial charge in [-0.2, -0.15) is 0 Å². The van der Waals surface area contributed by atoms with Crippen molar-refractivity contribution >= 4 is 17.8 Å². The van der Waals surface area contributed by atoms with Crippen LogP contribution >= 0.6 is 0 Å². The van der Waals surface area contributed by atoms with Crippen molar-refractivity contribution in [2.45, 2.75) is 32.3 Å². The zero-order valence-electron chi connectivity index (χ0n) is 17.8. The maximum Gasteiger partial charge on any atom is 0.300 e. The fourth-order valence-electron chi connectivity index (χ4n) is 3.49. The molecule has 3 rings (SSSR count). The van der Waals surface area contributed by atoms with Gasteiger partial charge >= 0.3 is 0 Å². The predicted molar refractivity (Wildman–Crippen MR) is 110 cm³/mol. The van der Waals surface area contributed by atoms with Gasteiger partial charge in [-0.25, -0.2) is 0 Å². The van der Waals surface area contributed by atoms with Crippen molar-refractivity contribution in [3.63, 3.8) is 0 Å². The molecule has 1 aromatic carbocycles. The quantitative estimate of drug-likeness (QED) is 0.677. The molecule has 1 spiro atoms. The number of carbonyl (C=O) groups excluding carboxylic acids is 2. The van der Waals surface area contributed by atoms with Gasteiger partial charge in [0.25, 0.3) is 11.9 Å². The first kappa shape index (κ1) is 23.6. The highest BCUT2D eigenvalue weighted by atomic mass is 16.5. The van der Waals surface area contributed by atoms with E-state index < -0.39 is 11.6 Å². The van der Waals surface area contributed by atoms with Gasteiger partial charge < -0.3 is 30.1 Å². The van der Waals surface area contributed by atoms with Crippen molar-refractivity contribution < 1.29 is 29.0 Å². The van der Waals surface area contributed by atoms with E-state index in [-0.39, 0.29) is 18.4 Å². The van der Waals surface area contributed by atoms with Crippen molar-refractivity contribution in [1.82, 2.24) is 9.80 Å². The Hall–Kier alpha value is -2.65. The highest BCUT2D eigenvalue weighted by Crippen LogP contribution is 2.31. The highest BCUT2D eigenvalue weighted by molar-refractivity contribution is 5.95. The molecule has 2 aliphatic heterocycles. The Morgan fingerprint density at radius 3 is 2.67 bits per heavy atom. The molecule has 0 saturated carbocycles. The second kappa shape index (κ2) is 10.4. The molecule has 1 unspecified atom stereocenters. The van der Waals surface area contributed by atoms with Crippen LogP contribution in [0.15, 0.2) is 18.2 Å². The van der Waals surface area contributed by atoms with Gasteiger partial charge in [0.05, 0.1) is 19.7 Å². The minimum absolute atomic E-state index is 0.0156. The Labute approximate surface area is 176 Å². The number of aryl methyl sites for hydroxylation is 1. The van der Waals surface area contributed by atoms with Gasteiger partial charge in [-0.05, 0) is 44.0 Å². The summed E-state index contributed by atoms with van der Waals surface area (Å²) >= 11 is 0. The number of likely N-dealkylation sites (N-methyl/N-ethyl adjacent to an activating group) is 1. The van der Waals surface area contributed by atoms with Gasteiger partial charge in [-0.3, -0.25) is 14.4 Å². The monoisotopic (exact) mass is 421 g/mol. The van der Waals surface area contributed by atoms with E-state index in [9.17, 15) is 9.59 Å². The topological polar surface area (TPSA) is 122 Å². The Bertz CT molecular complexity index is 780. The summed E-state index contributed by atoms with van der Waals surface area (Å²) in [5.74, 6) is -0.163. The van der Waals surface area contributed by atoms with Crippen LogP contribution in [0.3, 0.4) is 0 Å². The SMILES string of the molecule is CC(=O)O.Cc1ccc(C(=O)N2CCC3(CN(C)C(=O)CO3)C2)cc1OCCCN. The predicted octanol–water partition coefficient (Wildman–Crippen LogP) is 0.887. The van der Waals surface area contributed by atoms with E-state index in [0.717, 1.165) is 31.1 Å². The molecule has 1 aromatic rings. The largest absolute Gasteiger partial charge is 0.493 e. The van der Waals surface area contributed by atoms with Crippen molar-refractivity contribution in [3.05, 3.63) is 29.3 Å². The summed E-state index contributed by atoms with van der Waals surface area (Å²) in [5, 5.41) is 7.42. The summed E-state index contributed by atoms with van der Waals surface area (Å²) in [4.78, 5) is 37.1. The van der Waals surface area contributed by atoms with E-state index in [2.05, 4.69) is 0 Å². The number of nitrogens with zero attached hydrogens (tertiary/aromatic N) is 2. The molecule has 0 radical (unpaired) electrons. The molecule has 0 bridgehead atoms. The van der Waals surface area contributed by atoms with Crippen molar-refractivity contribution in [2.75, 3.05) is 46.4 Å². The molecular formula is C21H31N3O6. The number of carboxylic acids is 1. The number of amides is 2. The van der Waals surface area contributed by atoms with Crippen molar-refractivity contribution in [1.29, 1.82) is 0 Å². The number of rotatable bonds is 5. The van der Waals surface area contributed by atoms with E-state index in [0.29, 0.717) is 38.3 Å². The Balaban J connectivity index is 0.000000735. The molecule has 2 amide bonds. The molecule has 9 heteroatoms. The summed E-state index contributed by atoms with van der Waals surface area (Å²) in [5.41, 5.74) is 6.66. The second-order valence-electron chi connectivity index (χ2n) is 7.69. The standard InChI is InChI=1S/C19H27N3O4.C2H4O2/c1-14-4-5-15(10-16(14)25-9-3-7-20)18(24)22-8-6-19(13-22)12-21(2)17(23)11-26-19;1-2(3)4/h4-5,10H,3,6-9,11-13,20H2,1-2H3;1H3,(H,3,4). The lowest BCUT2D eigenvalue weighted by atomic mass is 10.0. The van der Waals surface area contributed by atoms with Crippen LogP contribution < -0.4 is 10.5 Å². The number of hydrogen-bond acceptors (Lipinski definition) is 6. The van der Waals surface area contributed by atoms with E-state index >= 15 is 0 Å². The minimum Gasteiger partial charge on any atom is -0.493 e. The van der Waals surface area contributed by atoms with Gasteiger partial charge in [0, 0.05) is 26.1 Å². The van der Waals surface area contributed by atoms with E-state index in [1.807, 2.05) is 19.1 Å². The maximum absolute atomic E-state index is 12.9. The molecule has 3 N–H and O–H groups in total. The number of benzene rings is 1. The third kappa shape index (κ3) is 6.17. The van der Waals surface area contributed by atoms with Gasteiger partial charge in [0.15, 0.2) is 0 Å². The van der Waals surface area contributed by atoms with E-state index in [1.54, 1.807) is 22.9 Å². The lowest BCUT2D eigenvalue weighted by Gasteiger charge is -2.38. The molecular weight excluding hydrogens is 390 g/mol. The molecule has 2 saturated heterocycles. The molecule has 2 fully saturated rings. The zero-order chi connectivity index (χ0) is 22.3. The zero-order valence-corrected chi connectivity index (χ0v) is 17.8. The first-order chi connectivity index (χ1) is 14.2. The molecule has 1 atom stereocenters. The normalized spacial score (nSPS) is 20.7. The average Bonchev–Trinajstić information content (AvgIpc) is 3.09. The van der Waals surface area contributed by atoms with Gasteiger partial charge in [-0.1, -0.05) is 6.07 Å². The molecule has 2 heterocycles. The van der Waals surface area contributed by atoms with E-state index in [4.69, 9.17) is 25.1 Å². The number of carboxylic acid groups (broad SMARTS) is 1. The van der Waals surface area contributed by atoms with Crippen LogP contribution in [-0.2, 0) is 14.3 Å². The van der Waals surface area contributed by atoms with Gasteiger partial charge in [0.2, 0.25) is 5.91 Å². The smallest absolute Gasteiger partial charge is 0.300 e. The molecule has 2 aliphatic rings. The number of morpholine rings is 1. The number of nitrogens with two attached hydrogens (primary N) is 1. The van der Waals surface area contributed by atoms with Crippen LogP contribution in [0.2, 0.25) is 0 Å². The molecule has 0 aliphatic carbocycles. The number of ether oxygens (including phenoxy) is 2. The van der Waals surface area contributed by atoms with Gasteiger partial charge in [-0.15, -0.1) is 0 Å². The fraction of sp³-hybridized carbons (Fsp3) is 0.571. The van der Waals surface area contributed by atoms with Crippen molar-refractivity contribution in [2.24, 2.45) is 5.73 Å². The third-order valence-corrected chi connectivity index (χ3v) is 5.10. The molecule has 9 nitrogen and oxygen atoms in total. The van der Waals surface area contributed by atoms with Crippen LogP contribution in [-0.4, -0.2) is 84.7 Å². The van der Waals surface area contributed by atoms with Crippen LogP contribution in [0.4, 0.5) is 0 Å². The summed E-state index contributed by atoms with van der Waals surface area (Å²) in [6.07, 6.45) is 1.51. The number of carbonyl (C=O) groups is 3. The summed E-state index contributed by atoms with van der Waals surface area (Å²) in [7, 11) is 1.78. The lowest BCUT2D eigenvalue weighted by molar-refractivity contribution is -0.158. The lowest BCUT2D eigenvalue weighted by Crippen LogP contribution is -2.54. The maximum atomic E-state index is 12.9. The van der Waals surface area contributed by atoms with Crippen LogP contribution in [0.25, 0.3) is 0 Å². The number of hydrogen-bond donors (Lipinski definition) is 2. The number of aliphatic carboxylic acids is 1. The first-order valence-corrected chi connectivity index (χ1v) is 9.98. The Morgan fingerprint density at radius 2 is 2.03 bits per heavy atom. The summed E-state index contributed by atoms with van der Waals surface area (Å²) in [6.45, 7) is 5.89. The summed E-state index contributed by atoms with van der Waals surface area (Å²) in [6, 6.07) is 5.53. The Kier molecular flexibility index (Phi) is 8.19. The molecule has 0 aromatic heterocycles. The minimum atomic E-state index is -0.833. The van der Waals surface area contributed by atoms with Gasteiger partial charge in [0.1, 0.15) is 18.0 Å². The molecule has 166 valence electrons. The highest BCUT2D eigenvalue weighted by Gasteiger charge is 2.45. The number of likely N-dealkylation sites (tertiary alicyclic amines) is 1. The van der Waals surface area contributed by atoms with E-state index in [1.165, 1.54) is 0 Å². The van der Waals surface area contributed by atoms with Crippen molar-refractivity contribution in [3.8, 4) is 5.75 Å². The fourth-order valence-corrected chi connectivity index (χ4v) is 3.49. The average molecular weight is 421 g/mol. The molecule has 30 heavy (non-hydrogen) atoms. The van der Waals surface area contributed by atoms with Crippen LogP contribution in [0.1, 0.15) is 35.7 Å². The van der Waals surface area contributed by atoms with Crippen LogP contribution in [0.5, 0.6) is 5.75 Å². The second-order valence-corrected chi connectivity index (χ2v) is 7.69. The Morgan fingerprint density at radius 1 is 1.33 bits per heavy atom. The first-order valence-electron chi connectivity index (χ1n) is 9.98. The third-order valence-electron chi connectivity index (χ3n) is 5.10. The van der Waals surface area contributed by atoms with Crippen LogP contribution in [0, 0.1) is 6.92 Å². The summed E-state index contributed by atoms with van der Waals surface area (Å²) < 4.78 is 11.6.